The van der Waals surface area contributed by atoms with Crippen molar-refractivity contribution in [2.24, 2.45) is 0 Å². The van der Waals surface area contributed by atoms with Crippen LogP contribution in [0.2, 0.25) is 0 Å². The monoisotopic (exact) mass is 355 g/mol. The second kappa shape index (κ2) is 9.73. The van der Waals surface area contributed by atoms with Gasteiger partial charge >= 0.3 is 0 Å². The number of benzene rings is 2. The van der Waals surface area contributed by atoms with Crippen molar-refractivity contribution < 1.29 is 19.1 Å². The third kappa shape index (κ3) is 5.43. The molecule has 5 heteroatoms. The van der Waals surface area contributed by atoms with Gasteiger partial charge in [-0.2, -0.15) is 0 Å². The van der Waals surface area contributed by atoms with Crippen LogP contribution in [0.15, 0.2) is 48.5 Å². The molecule has 0 atom stereocenters. The number of hydrogen-bond donors (Lipinski definition) is 0. The lowest BCUT2D eigenvalue weighted by atomic mass is 10.1. The van der Waals surface area contributed by atoms with Crippen LogP contribution in [0.1, 0.15) is 33.6 Å². The van der Waals surface area contributed by atoms with Crippen LogP contribution >= 0.6 is 0 Å². The zero-order chi connectivity index (χ0) is 18.9. The van der Waals surface area contributed by atoms with Crippen molar-refractivity contribution in [2.75, 3.05) is 34.4 Å². The van der Waals surface area contributed by atoms with Gasteiger partial charge in [0, 0.05) is 37.1 Å². The maximum atomic E-state index is 12.4. The summed E-state index contributed by atoms with van der Waals surface area (Å²) in [5, 5.41) is 0. The summed E-state index contributed by atoms with van der Waals surface area (Å²) in [6, 6.07) is 14.4. The average molecular weight is 355 g/mol. The minimum atomic E-state index is 0.0344. The fraction of sp³-hybridized carbons (Fsp3) is 0.333. The van der Waals surface area contributed by atoms with Crippen molar-refractivity contribution in [2.45, 2.75) is 12.8 Å². The van der Waals surface area contributed by atoms with Gasteiger partial charge in [0.2, 0.25) is 0 Å². The first-order valence-electron chi connectivity index (χ1n) is 8.57. The molecule has 0 N–H and O–H groups in total. The fourth-order valence-corrected chi connectivity index (χ4v) is 2.62. The van der Waals surface area contributed by atoms with E-state index in [1.807, 2.05) is 42.3 Å². The van der Waals surface area contributed by atoms with Crippen molar-refractivity contribution >= 4 is 11.6 Å². The van der Waals surface area contributed by atoms with Gasteiger partial charge in [-0.25, -0.2) is 0 Å². The van der Waals surface area contributed by atoms with Crippen LogP contribution in [0, 0.1) is 0 Å². The molecule has 0 amide bonds. The topological polar surface area (TPSA) is 55.8 Å². The summed E-state index contributed by atoms with van der Waals surface area (Å²) in [6.45, 7) is 1.21. The maximum absolute atomic E-state index is 12.4. The zero-order valence-electron chi connectivity index (χ0n) is 15.5. The minimum absolute atomic E-state index is 0.0344. The molecule has 0 aromatic heterocycles. The number of Topliss-reactive ketones (excluding diaryl/α,β-unsaturated/α-hetero) is 2. The first kappa shape index (κ1) is 19.7. The Labute approximate surface area is 154 Å². The first-order chi connectivity index (χ1) is 12.5. The molecule has 0 aliphatic carbocycles. The fourth-order valence-electron chi connectivity index (χ4n) is 2.62. The van der Waals surface area contributed by atoms with Gasteiger partial charge in [-0.05, 0) is 25.2 Å². The molecule has 2 aromatic rings. The summed E-state index contributed by atoms with van der Waals surface area (Å²) in [6.07, 6.45) is 0.816. The predicted octanol–water partition coefficient (Wildman–Crippen LogP) is 3.48. The summed E-state index contributed by atoms with van der Waals surface area (Å²) >= 11 is 0. The molecule has 0 saturated heterocycles. The normalized spacial score (nSPS) is 10.6. The molecule has 2 rings (SSSR count). The highest BCUT2D eigenvalue weighted by Gasteiger charge is 2.12. The number of carbonyl (C=O) groups excluding carboxylic acids is 2. The van der Waals surface area contributed by atoms with Gasteiger partial charge in [0.05, 0.1) is 14.2 Å². The van der Waals surface area contributed by atoms with E-state index in [9.17, 15) is 9.59 Å². The van der Waals surface area contributed by atoms with Gasteiger partial charge < -0.3 is 14.4 Å². The van der Waals surface area contributed by atoms with Gasteiger partial charge in [-0.1, -0.05) is 30.3 Å². The Morgan fingerprint density at radius 2 is 1.38 bits per heavy atom. The second-order valence-electron chi connectivity index (χ2n) is 6.09. The first-order valence-corrected chi connectivity index (χ1v) is 8.57. The molecule has 0 fully saturated rings. The number of methoxy groups -OCH3 is 2. The van der Waals surface area contributed by atoms with E-state index in [0.29, 0.717) is 43.0 Å². The molecule has 0 aliphatic heterocycles. The zero-order valence-corrected chi connectivity index (χ0v) is 15.5. The highest BCUT2D eigenvalue weighted by atomic mass is 16.5. The van der Waals surface area contributed by atoms with E-state index in [-0.39, 0.29) is 11.6 Å². The minimum Gasteiger partial charge on any atom is -0.493 e. The van der Waals surface area contributed by atoms with Gasteiger partial charge in [-0.15, -0.1) is 0 Å². The summed E-state index contributed by atoms with van der Waals surface area (Å²) in [7, 11) is 5.02. The van der Waals surface area contributed by atoms with Crippen LogP contribution in [0.25, 0.3) is 0 Å². The Morgan fingerprint density at radius 1 is 0.808 bits per heavy atom. The van der Waals surface area contributed by atoms with E-state index in [1.165, 1.54) is 0 Å². The molecule has 138 valence electrons. The van der Waals surface area contributed by atoms with E-state index in [0.717, 1.165) is 5.56 Å². The van der Waals surface area contributed by atoms with E-state index in [4.69, 9.17) is 9.47 Å². The van der Waals surface area contributed by atoms with Crippen LogP contribution in [0.4, 0.5) is 0 Å². The largest absolute Gasteiger partial charge is 0.493 e. The van der Waals surface area contributed by atoms with Gasteiger partial charge in [0.15, 0.2) is 23.1 Å². The molecular formula is C21H25NO4. The molecule has 0 spiro atoms. The number of ether oxygens (including phenoxy) is 2. The summed E-state index contributed by atoms with van der Waals surface area (Å²) in [4.78, 5) is 26.5. The van der Waals surface area contributed by atoms with Crippen molar-refractivity contribution in [1.29, 1.82) is 0 Å². The lowest BCUT2D eigenvalue weighted by Crippen LogP contribution is -2.24. The van der Waals surface area contributed by atoms with Crippen molar-refractivity contribution in [3.8, 4) is 11.5 Å². The Balaban J connectivity index is 1.82. The standard InChI is InChI=1S/C21H25NO4/c1-22(13-11-18(23)16-7-5-4-6-8-16)14-12-19(24)17-9-10-20(25-2)21(15-17)26-3/h4-10,15H,11-14H2,1-3H3. The number of hydrogen-bond acceptors (Lipinski definition) is 5. The van der Waals surface area contributed by atoms with Crippen molar-refractivity contribution in [3.05, 3.63) is 59.7 Å². The van der Waals surface area contributed by atoms with Crippen LogP contribution < -0.4 is 9.47 Å². The number of ketones is 2. The molecule has 0 saturated carbocycles. The Morgan fingerprint density at radius 3 is 1.96 bits per heavy atom. The van der Waals surface area contributed by atoms with Gasteiger partial charge in [0.25, 0.3) is 0 Å². The third-order valence-electron chi connectivity index (χ3n) is 4.24. The smallest absolute Gasteiger partial charge is 0.164 e. The summed E-state index contributed by atoms with van der Waals surface area (Å²) < 4.78 is 10.4. The lowest BCUT2D eigenvalue weighted by Gasteiger charge is -2.16. The predicted molar refractivity (Wildman–Crippen MR) is 101 cm³/mol. The van der Waals surface area contributed by atoms with Crippen LogP contribution in [0.5, 0.6) is 11.5 Å². The number of rotatable bonds is 10. The van der Waals surface area contributed by atoms with Gasteiger partial charge in [-0.3, -0.25) is 9.59 Å². The van der Waals surface area contributed by atoms with E-state index < -0.39 is 0 Å². The molecule has 0 bridgehead atoms. The molecule has 0 radical (unpaired) electrons. The summed E-state index contributed by atoms with van der Waals surface area (Å²) in [5.41, 5.74) is 1.32. The van der Waals surface area contributed by atoms with Gasteiger partial charge in [0.1, 0.15) is 0 Å². The lowest BCUT2D eigenvalue weighted by molar-refractivity contribution is 0.0956. The Bertz CT molecular complexity index is 743. The van der Waals surface area contributed by atoms with Crippen LogP contribution in [-0.4, -0.2) is 50.8 Å². The van der Waals surface area contributed by atoms with Crippen LogP contribution in [-0.2, 0) is 0 Å². The van der Waals surface area contributed by atoms with Crippen molar-refractivity contribution in [1.82, 2.24) is 4.90 Å². The van der Waals surface area contributed by atoms with E-state index in [2.05, 4.69) is 0 Å². The maximum Gasteiger partial charge on any atom is 0.164 e. The molecule has 2 aromatic carbocycles. The molecule has 0 aliphatic rings. The second-order valence-corrected chi connectivity index (χ2v) is 6.09. The third-order valence-corrected chi connectivity index (χ3v) is 4.24. The highest BCUT2D eigenvalue weighted by Crippen LogP contribution is 2.28. The van der Waals surface area contributed by atoms with Crippen molar-refractivity contribution in [3.63, 3.8) is 0 Å². The molecule has 5 nitrogen and oxygen atoms in total. The van der Waals surface area contributed by atoms with E-state index >= 15 is 0 Å². The molecular weight excluding hydrogens is 330 g/mol. The SMILES string of the molecule is COc1ccc(C(=O)CCN(C)CCC(=O)c2ccccc2)cc1OC. The quantitative estimate of drug-likeness (QED) is 0.611. The Kier molecular flexibility index (Phi) is 7.36. The highest BCUT2D eigenvalue weighted by molar-refractivity contribution is 5.97. The average Bonchev–Trinajstić information content (AvgIpc) is 2.70. The number of carbonyl (C=O) groups is 2. The molecule has 26 heavy (non-hydrogen) atoms. The Hall–Kier alpha value is -2.66. The molecule has 0 heterocycles. The van der Waals surface area contributed by atoms with E-state index in [1.54, 1.807) is 32.4 Å². The van der Waals surface area contributed by atoms with Crippen LogP contribution in [0.3, 0.4) is 0 Å². The molecule has 0 unspecified atom stereocenters. The number of nitrogens with zero attached hydrogens (tertiary/aromatic N) is 1. The summed E-state index contributed by atoms with van der Waals surface area (Å²) in [5.74, 6) is 1.29.